The van der Waals surface area contributed by atoms with E-state index < -0.39 is 0 Å². The van der Waals surface area contributed by atoms with E-state index >= 15 is 0 Å². The van der Waals surface area contributed by atoms with Crippen LogP contribution in [0.5, 0.6) is 0 Å². The van der Waals surface area contributed by atoms with Crippen LogP contribution in [0.2, 0.25) is 0 Å². The quantitative estimate of drug-likeness (QED) is 0.176. The average Bonchev–Trinajstić information content (AvgIpc) is 3.16. The number of benzene rings is 8. The Kier molecular flexibility index (Phi) is 7.63. The van der Waals surface area contributed by atoms with Crippen molar-refractivity contribution in [2.45, 2.75) is 0 Å². The first-order valence-electron chi connectivity index (χ1n) is 16.1. The van der Waals surface area contributed by atoms with Gasteiger partial charge in [-0.1, -0.05) is 158 Å². The Hall–Kier alpha value is -6.18. The number of fused-ring (bicyclic) bond motifs is 1. The maximum atomic E-state index is 2.37. The Bertz CT molecular complexity index is 2290. The third-order valence-electron chi connectivity index (χ3n) is 8.87. The van der Waals surface area contributed by atoms with Gasteiger partial charge in [-0.05, 0) is 92.2 Å². The van der Waals surface area contributed by atoms with Crippen molar-refractivity contribution >= 4 is 27.8 Å². The summed E-state index contributed by atoms with van der Waals surface area (Å²) in [5.74, 6) is 0. The second-order valence-corrected chi connectivity index (χ2v) is 11.8. The fourth-order valence-electron chi connectivity index (χ4n) is 6.54. The molecule has 0 saturated carbocycles. The SMILES string of the molecule is c1ccc(-c2ccccc2-c2ccccc2N(c2ccccc2)c2ccc(-c3cccc(-c4ccc5ccccc5c4)c3)cc2)cc1. The van der Waals surface area contributed by atoms with Crippen LogP contribution in [0.1, 0.15) is 0 Å². The van der Waals surface area contributed by atoms with E-state index in [1.807, 2.05) is 0 Å². The molecule has 8 aromatic rings. The molecule has 222 valence electrons. The predicted octanol–water partition coefficient (Wildman–Crippen LogP) is 13.0. The molecule has 8 aromatic carbocycles. The minimum Gasteiger partial charge on any atom is -0.310 e. The van der Waals surface area contributed by atoms with Crippen LogP contribution in [-0.4, -0.2) is 0 Å². The van der Waals surface area contributed by atoms with Crippen LogP contribution in [0.3, 0.4) is 0 Å². The highest BCUT2D eigenvalue weighted by molar-refractivity contribution is 5.94. The van der Waals surface area contributed by atoms with Crippen LogP contribution in [0.4, 0.5) is 17.1 Å². The monoisotopic (exact) mass is 599 g/mol. The van der Waals surface area contributed by atoms with E-state index in [-0.39, 0.29) is 0 Å². The molecule has 0 radical (unpaired) electrons. The van der Waals surface area contributed by atoms with E-state index in [1.54, 1.807) is 0 Å². The molecular formula is C46H33N. The summed E-state index contributed by atoms with van der Waals surface area (Å²) in [6.45, 7) is 0. The van der Waals surface area contributed by atoms with Crippen LogP contribution >= 0.6 is 0 Å². The zero-order valence-electron chi connectivity index (χ0n) is 26.0. The summed E-state index contributed by atoms with van der Waals surface area (Å²) in [6.07, 6.45) is 0. The minimum atomic E-state index is 1.11. The molecule has 0 spiro atoms. The molecule has 0 atom stereocenters. The Morgan fingerprint density at radius 2 is 0.766 bits per heavy atom. The zero-order chi connectivity index (χ0) is 31.4. The number of rotatable bonds is 7. The molecule has 0 unspecified atom stereocenters. The highest BCUT2D eigenvalue weighted by Gasteiger charge is 2.19. The van der Waals surface area contributed by atoms with E-state index in [4.69, 9.17) is 0 Å². The standard InChI is InChI=1S/C46H33N/c1-3-15-36(16-4-1)43-22-9-10-23-44(43)45-24-11-12-25-46(45)47(41-20-5-2-6-21-41)42-30-28-35(29-31-42)38-18-13-19-39(32-38)40-27-26-34-14-7-8-17-37(34)33-40/h1-33H. The van der Waals surface area contributed by atoms with Gasteiger partial charge in [-0.2, -0.15) is 0 Å². The Labute approximate surface area is 276 Å². The number of nitrogens with zero attached hydrogens (tertiary/aromatic N) is 1. The van der Waals surface area contributed by atoms with Gasteiger partial charge < -0.3 is 4.90 Å². The lowest BCUT2D eigenvalue weighted by Gasteiger charge is -2.28. The van der Waals surface area contributed by atoms with Crippen molar-refractivity contribution in [3.05, 3.63) is 200 Å². The zero-order valence-corrected chi connectivity index (χ0v) is 26.0. The van der Waals surface area contributed by atoms with E-state index in [1.165, 1.54) is 55.3 Å². The van der Waals surface area contributed by atoms with Crippen molar-refractivity contribution in [2.24, 2.45) is 0 Å². The van der Waals surface area contributed by atoms with Gasteiger partial charge in [0.15, 0.2) is 0 Å². The lowest BCUT2D eigenvalue weighted by Crippen LogP contribution is -2.11. The summed E-state index contributed by atoms with van der Waals surface area (Å²) < 4.78 is 0. The topological polar surface area (TPSA) is 3.24 Å². The Morgan fingerprint density at radius 1 is 0.255 bits per heavy atom. The van der Waals surface area contributed by atoms with Gasteiger partial charge in [-0.25, -0.2) is 0 Å². The van der Waals surface area contributed by atoms with Gasteiger partial charge in [0.25, 0.3) is 0 Å². The molecule has 8 rings (SSSR count). The van der Waals surface area contributed by atoms with Crippen molar-refractivity contribution in [1.29, 1.82) is 0 Å². The second kappa shape index (κ2) is 12.7. The van der Waals surface area contributed by atoms with Gasteiger partial charge in [-0.15, -0.1) is 0 Å². The molecule has 47 heavy (non-hydrogen) atoms. The summed E-state index contributed by atoms with van der Waals surface area (Å²) in [4.78, 5) is 2.37. The van der Waals surface area contributed by atoms with Crippen LogP contribution in [0.25, 0.3) is 55.3 Å². The molecule has 0 amide bonds. The first-order chi connectivity index (χ1) is 23.3. The molecule has 0 heterocycles. The number of hydrogen-bond acceptors (Lipinski definition) is 1. The summed E-state index contributed by atoms with van der Waals surface area (Å²) in [7, 11) is 0. The molecule has 0 aliphatic heterocycles. The summed E-state index contributed by atoms with van der Waals surface area (Å²) >= 11 is 0. The molecule has 0 N–H and O–H groups in total. The van der Waals surface area contributed by atoms with E-state index in [0.29, 0.717) is 0 Å². The van der Waals surface area contributed by atoms with Crippen LogP contribution < -0.4 is 4.90 Å². The normalized spacial score (nSPS) is 11.0. The van der Waals surface area contributed by atoms with E-state index in [0.717, 1.165) is 17.1 Å². The van der Waals surface area contributed by atoms with Gasteiger partial charge in [0, 0.05) is 16.9 Å². The summed E-state index contributed by atoms with van der Waals surface area (Å²) in [5, 5.41) is 2.52. The Balaban J connectivity index is 1.19. The first kappa shape index (κ1) is 28.3. The van der Waals surface area contributed by atoms with E-state index in [9.17, 15) is 0 Å². The fourth-order valence-corrected chi connectivity index (χ4v) is 6.54. The highest BCUT2D eigenvalue weighted by atomic mass is 15.1. The van der Waals surface area contributed by atoms with Crippen LogP contribution in [0.15, 0.2) is 200 Å². The number of hydrogen-bond donors (Lipinski definition) is 0. The average molecular weight is 600 g/mol. The molecule has 1 nitrogen and oxygen atoms in total. The van der Waals surface area contributed by atoms with Gasteiger partial charge in [-0.3, -0.25) is 0 Å². The Morgan fingerprint density at radius 3 is 1.53 bits per heavy atom. The van der Waals surface area contributed by atoms with Gasteiger partial charge in [0.1, 0.15) is 0 Å². The third-order valence-corrected chi connectivity index (χ3v) is 8.87. The molecule has 0 aliphatic rings. The third kappa shape index (κ3) is 5.72. The molecule has 0 saturated heterocycles. The smallest absolute Gasteiger partial charge is 0.0540 e. The lowest BCUT2D eigenvalue weighted by molar-refractivity contribution is 1.28. The van der Waals surface area contributed by atoms with Gasteiger partial charge in [0.05, 0.1) is 5.69 Å². The molecule has 0 aromatic heterocycles. The van der Waals surface area contributed by atoms with Crippen LogP contribution in [0, 0.1) is 0 Å². The molecule has 0 bridgehead atoms. The van der Waals surface area contributed by atoms with Crippen molar-refractivity contribution in [3.63, 3.8) is 0 Å². The summed E-state index contributed by atoms with van der Waals surface area (Å²) in [6, 6.07) is 71.8. The summed E-state index contributed by atoms with van der Waals surface area (Å²) in [5.41, 5.74) is 13.0. The van der Waals surface area contributed by atoms with Crippen molar-refractivity contribution in [2.75, 3.05) is 4.90 Å². The highest BCUT2D eigenvalue weighted by Crippen LogP contribution is 2.43. The molecule has 0 fully saturated rings. The van der Waals surface area contributed by atoms with Crippen molar-refractivity contribution in [3.8, 4) is 44.5 Å². The largest absolute Gasteiger partial charge is 0.310 e. The molecule has 1 heteroatoms. The van der Waals surface area contributed by atoms with Gasteiger partial charge >= 0.3 is 0 Å². The predicted molar refractivity (Wildman–Crippen MR) is 200 cm³/mol. The molecule has 0 aliphatic carbocycles. The van der Waals surface area contributed by atoms with E-state index in [2.05, 4.69) is 205 Å². The number of para-hydroxylation sites is 2. The maximum absolute atomic E-state index is 2.37. The van der Waals surface area contributed by atoms with Crippen molar-refractivity contribution < 1.29 is 0 Å². The lowest BCUT2D eigenvalue weighted by atomic mass is 9.93. The molecular weight excluding hydrogens is 567 g/mol. The second-order valence-electron chi connectivity index (χ2n) is 11.8. The fraction of sp³-hybridized carbons (Fsp3) is 0. The van der Waals surface area contributed by atoms with Crippen molar-refractivity contribution in [1.82, 2.24) is 0 Å². The number of anilines is 3. The van der Waals surface area contributed by atoms with Crippen LogP contribution in [-0.2, 0) is 0 Å². The first-order valence-corrected chi connectivity index (χ1v) is 16.1. The minimum absolute atomic E-state index is 1.11. The van der Waals surface area contributed by atoms with Gasteiger partial charge in [0.2, 0.25) is 0 Å². The maximum Gasteiger partial charge on any atom is 0.0540 e.